The van der Waals surface area contributed by atoms with Crippen molar-refractivity contribution in [3.63, 3.8) is 0 Å². The molecule has 1 aromatic rings. The predicted molar refractivity (Wildman–Crippen MR) is 73.5 cm³/mol. The average molecular weight is 328 g/mol. The summed E-state index contributed by atoms with van der Waals surface area (Å²) in [6, 6.07) is 1.06. The van der Waals surface area contributed by atoms with E-state index in [4.69, 9.17) is 9.47 Å². The minimum absolute atomic E-state index is 0.374. The Labute approximate surface area is 129 Å². The zero-order chi connectivity index (χ0) is 17.1. The van der Waals surface area contributed by atoms with Crippen LogP contribution in [0.5, 0.6) is 0 Å². The number of hydrogen-bond donors (Lipinski definition) is 3. The lowest BCUT2D eigenvalue weighted by Crippen LogP contribution is -2.37. The summed E-state index contributed by atoms with van der Waals surface area (Å²) in [5.41, 5.74) is -1.43. The highest BCUT2D eigenvalue weighted by molar-refractivity contribution is 5.94. The van der Waals surface area contributed by atoms with Crippen molar-refractivity contribution in [2.24, 2.45) is 0 Å². The van der Waals surface area contributed by atoms with Gasteiger partial charge < -0.3 is 19.7 Å². The first-order valence-corrected chi connectivity index (χ1v) is 6.77. The largest absolute Gasteiger partial charge is 0.462 e. The van der Waals surface area contributed by atoms with Crippen LogP contribution in [0.25, 0.3) is 0 Å². The van der Waals surface area contributed by atoms with Crippen LogP contribution in [0, 0.1) is 0 Å². The summed E-state index contributed by atoms with van der Waals surface area (Å²) in [7, 11) is 0. The van der Waals surface area contributed by atoms with Crippen LogP contribution >= 0.6 is 0 Å². The minimum Gasteiger partial charge on any atom is -0.462 e. The Morgan fingerprint density at radius 2 is 2.04 bits per heavy atom. The van der Waals surface area contributed by atoms with Gasteiger partial charge in [0.15, 0.2) is 6.23 Å². The number of aliphatic hydroxyl groups is 2. The van der Waals surface area contributed by atoms with E-state index < -0.39 is 48.2 Å². The summed E-state index contributed by atoms with van der Waals surface area (Å²) in [6.07, 6.45) is -4.49. The highest BCUT2D eigenvalue weighted by atomic mass is 16.6. The second kappa shape index (κ2) is 6.86. The van der Waals surface area contributed by atoms with E-state index >= 15 is 0 Å². The number of rotatable bonds is 5. The molecule has 2 heterocycles. The van der Waals surface area contributed by atoms with Gasteiger partial charge in [-0.2, -0.15) is 0 Å². The monoisotopic (exact) mass is 328 g/mol. The second-order valence-electron chi connectivity index (χ2n) is 5.13. The van der Waals surface area contributed by atoms with Crippen LogP contribution in [-0.4, -0.2) is 56.4 Å². The third-order valence-electron chi connectivity index (χ3n) is 3.26. The van der Waals surface area contributed by atoms with Gasteiger partial charge >= 0.3 is 11.7 Å². The van der Waals surface area contributed by atoms with Crippen molar-refractivity contribution in [3.05, 3.63) is 33.1 Å². The van der Waals surface area contributed by atoms with Gasteiger partial charge in [-0.15, -0.1) is 0 Å². The summed E-state index contributed by atoms with van der Waals surface area (Å²) in [6.45, 7) is 0.837. The summed E-state index contributed by atoms with van der Waals surface area (Å²) in [5, 5.41) is 19.9. The highest BCUT2D eigenvalue weighted by Crippen LogP contribution is 2.28. The maximum absolute atomic E-state index is 11.7. The number of carbonyl (C=O) groups excluding carboxylic acids is 2. The van der Waals surface area contributed by atoms with E-state index in [0.717, 1.165) is 16.8 Å². The Hall–Kier alpha value is -2.30. The summed E-state index contributed by atoms with van der Waals surface area (Å²) >= 11 is 0. The molecule has 1 aliphatic heterocycles. The van der Waals surface area contributed by atoms with Crippen LogP contribution in [0.4, 0.5) is 0 Å². The molecule has 0 amide bonds. The number of ketones is 1. The molecule has 1 fully saturated rings. The Morgan fingerprint density at radius 3 is 2.65 bits per heavy atom. The SMILES string of the molecule is CC(=O)CC(=O)OC[C@H]1O[C@@H](n2ccc(=O)[nH]c2=O)[C@H](O)[C@@H]1O. The van der Waals surface area contributed by atoms with Gasteiger partial charge in [0, 0.05) is 12.3 Å². The highest BCUT2D eigenvalue weighted by Gasteiger charge is 2.44. The molecule has 0 unspecified atom stereocenters. The van der Waals surface area contributed by atoms with Gasteiger partial charge in [0.1, 0.15) is 37.1 Å². The van der Waals surface area contributed by atoms with Gasteiger partial charge in [-0.05, 0) is 6.92 Å². The van der Waals surface area contributed by atoms with Gasteiger partial charge in [0.2, 0.25) is 0 Å². The van der Waals surface area contributed by atoms with Gasteiger partial charge in [-0.3, -0.25) is 23.9 Å². The molecule has 0 aliphatic carbocycles. The Bertz CT molecular complexity index is 708. The quantitative estimate of drug-likeness (QED) is 0.403. The Morgan fingerprint density at radius 1 is 1.35 bits per heavy atom. The molecule has 126 valence electrons. The fourth-order valence-corrected chi connectivity index (χ4v) is 2.15. The molecule has 3 N–H and O–H groups in total. The summed E-state index contributed by atoms with van der Waals surface area (Å²) in [4.78, 5) is 46.8. The van der Waals surface area contributed by atoms with Gasteiger partial charge in [0.05, 0.1) is 0 Å². The smallest absolute Gasteiger partial charge is 0.330 e. The van der Waals surface area contributed by atoms with Gasteiger partial charge in [0.25, 0.3) is 5.56 Å². The standard InChI is InChI=1S/C13H16N2O8/c1-6(16)4-9(18)22-5-7-10(19)11(20)12(23-7)15-3-2-8(17)14-13(15)21/h2-3,7,10-12,19-20H,4-5H2,1H3,(H,14,17,21)/t7-,10-,11-,12-/m1/s1. The number of nitrogens with one attached hydrogen (secondary N) is 1. The second-order valence-corrected chi connectivity index (χ2v) is 5.13. The normalized spacial score (nSPS) is 26.9. The van der Waals surface area contributed by atoms with Crippen LogP contribution in [0.3, 0.4) is 0 Å². The maximum Gasteiger partial charge on any atom is 0.330 e. The summed E-state index contributed by atoms with van der Waals surface area (Å²) in [5.74, 6) is -1.16. The van der Waals surface area contributed by atoms with Crippen molar-refractivity contribution < 1.29 is 29.3 Å². The average Bonchev–Trinajstić information content (AvgIpc) is 2.73. The molecular formula is C13H16N2O8. The number of carbonyl (C=O) groups is 2. The number of aliphatic hydroxyl groups excluding tert-OH is 2. The lowest BCUT2D eigenvalue weighted by molar-refractivity contribution is -0.151. The molecule has 10 nitrogen and oxygen atoms in total. The fourth-order valence-electron chi connectivity index (χ4n) is 2.15. The molecule has 1 aromatic heterocycles. The molecular weight excluding hydrogens is 312 g/mol. The summed E-state index contributed by atoms with van der Waals surface area (Å²) < 4.78 is 11.0. The Kier molecular flexibility index (Phi) is 5.08. The third kappa shape index (κ3) is 3.92. The molecule has 23 heavy (non-hydrogen) atoms. The first-order valence-electron chi connectivity index (χ1n) is 6.77. The maximum atomic E-state index is 11.7. The Balaban J connectivity index is 2.06. The third-order valence-corrected chi connectivity index (χ3v) is 3.26. The first-order chi connectivity index (χ1) is 10.8. The molecule has 0 saturated carbocycles. The fraction of sp³-hybridized carbons (Fsp3) is 0.538. The topological polar surface area (TPSA) is 148 Å². The van der Waals surface area contributed by atoms with Crippen LogP contribution in [0.2, 0.25) is 0 Å². The van der Waals surface area contributed by atoms with E-state index in [1.54, 1.807) is 0 Å². The lowest BCUT2D eigenvalue weighted by Gasteiger charge is -2.16. The molecule has 0 spiro atoms. The minimum atomic E-state index is -1.46. The van der Waals surface area contributed by atoms with Gasteiger partial charge in [-0.1, -0.05) is 0 Å². The van der Waals surface area contributed by atoms with Crippen molar-refractivity contribution in [1.82, 2.24) is 9.55 Å². The number of hydrogen-bond acceptors (Lipinski definition) is 8. The van der Waals surface area contributed by atoms with Crippen molar-refractivity contribution in [1.29, 1.82) is 0 Å². The van der Waals surface area contributed by atoms with Gasteiger partial charge in [-0.25, -0.2) is 4.79 Å². The number of H-pyrrole nitrogens is 1. The lowest BCUT2D eigenvalue weighted by atomic mass is 10.1. The van der Waals surface area contributed by atoms with Crippen LogP contribution in [-0.2, 0) is 19.1 Å². The zero-order valence-electron chi connectivity index (χ0n) is 12.2. The van der Waals surface area contributed by atoms with Crippen molar-refractivity contribution >= 4 is 11.8 Å². The van der Waals surface area contributed by atoms with Crippen LogP contribution < -0.4 is 11.2 Å². The van der Waals surface area contributed by atoms with E-state index in [-0.39, 0.29) is 12.4 Å². The first kappa shape index (κ1) is 17.1. The van der Waals surface area contributed by atoms with Crippen LogP contribution in [0.15, 0.2) is 21.9 Å². The van der Waals surface area contributed by atoms with Crippen molar-refractivity contribution in [3.8, 4) is 0 Å². The van der Waals surface area contributed by atoms with E-state index in [1.165, 1.54) is 6.92 Å². The number of Topliss-reactive ketones (excluding diaryl/α,β-unsaturated/α-hetero) is 1. The van der Waals surface area contributed by atoms with Crippen molar-refractivity contribution in [2.45, 2.75) is 37.9 Å². The molecule has 10 heteroatoms. The molecule has 0 bridgehead atoms. The van der Waals surface area contributed by atoms with Crippen molar-refractivity contribution in [2.75, 3.05) is 6.61 Å². The number of aromatic nitrogens is 2. The molecule has 4 atom stereocenters. The zero-order valence-corrected chi connectivity index (χ0v) is 12.2. The molecule has 1 aliphatic rings. The number of nitrogens with zero attached hydrogens (tertiary/aromatic N) is 1. The number of esters is 1. The molecule has 0 aromatic carbocycles. The van der Waals surface area contributed by atoms with E-state index in [2.05, 4.69) is 0 Å². The van der Waals surface area contributed by atoms with E-state index in [1.807, 2.05) is 4.98 Å². The van der Waals surface area contributed by atoms with Crippen LogP contribution in [0.1, 0.15) is 19.6 Å². The number of aromatic amines is 1. The molecule has 2 rings (SSSR count). The molecule has 0 radical (unpaired) electrons. The number of ether oxygens (including phenoxy) is 2. The molecule has 1 saturated heterocycles. The van der Waals surface area contributed by atoms with E-state index in [9.17, 15) is 29.4 Å². The van der Waals surface area contributed by atoms with E-state index in [0.29, 0.717) is 0 Å². The predicted octanol–water partition coefficient (Wildman–Crippen LogP) is -2.32.